The second-order valence-corrected chi connectivity index (χ2v) is 8.14. The average molecular weight is 396 g/mol. The number of furan rings is 1. The number of nitrogens with one attached hydrogen (secondary N) is 1. The van der Waals surface area contributed by atoms with Gasteiger partial charge >= 0.3 is 0 Å². The Morgan fingerprint density at radius 3 is 2.55 bits per heavy atom. The Hall–Kier alpha value is -2.76. The number of benzene rings is 1. The van der Waals surface area contributed by atoms with E-state index in [1.165, 1.54) is 12.8 Å². The van der Waals surface area contributed by atoms with Gasteiger partial charge in [0.05, 0.1) is 24.1 Å². The minimum absolute atomic E-state index is 0.0410. The Morgan fingerprint density at radius 1 is 1.14 bits per heavy atom. The lowest BCUT2D eigenvalue weighted by atomic mass is 10.1. The van der Waals surface area contributed by atoms with Crippen LogP contribution in [0.3, 0.4) is 0 Å². The third kappa shape index (κ3) is 4.81. The van der Waals surface area contributed by atoms with E-state index in [1.54, 1.807) is 18.2 Å². The summed E-state index contributed by atoms with van der Waals surface area (Å²) in [6, 6.07) is 9.36. The molecule has 2 fully saturated rings. The molecule has 1 aromatic heterocycles. The summed E-state index contributed by atoms with van der Waals surface area (Å²) in [7, 11) is 1.79. The van der Waals surface area contributed by atoms with Crippen LogP contribution in [0, 0.1) is 5.92 Å². The fourth-order valence-electron chi connectivity index (χ4n) is 3.87. The van der Waals surface area contributed by atoms with Crippen molar-refractivity contribution in [3.63, 3.8) is 0 Å². The maximum absolute atomic E-state index is 13.2. The zero-order valence-corrected chi connectivity index (χ0v) is 17.0. The zero-order valence-electron chi connectivity index (χ0n) is 17.0. The minimum Gasteiger partial charge on any atom is -0.467 e. The van der Waals surface area contributed by atoms with Crippen molar-refractivity contribution in [2.45, 2.75) is 45.1 Å². The summed E-state index contributed by atoms with van der Waals surface area (Å²) in [5.74, 6) is 0.949. The first-order valence-electron chi connectivity index (χ1n) is 10.6. The molecule has 2 aromatic rings. The number of carbonyl (C=O) groups excluding carboxylic acids is 2. The van der Waals surface area contributed by atoms with Crippen LogP contribution in [0.15, 0.2) is 41.0 Å². The second kappa shape index (κ2) is 8.72. The van der Waals surface area contributed by atoms with Crippen LogP contribution in [0.4, 0.5) is 11.4 Å². The fraction of sp³-hybridized carbons (Fsp3) is 0.478. The van der Waals surface area contributed by atoms with Gasteiger partial charge in [-0.2, -0.15) is 0 Å². The number of anilines is 2. The molecule has 0 unspecified atom stereocenters. The maximum Gasteiger partial charge on any atom is 0.256 e. The molecule has 6 nitrogen and oxygen atoms in total. The molecule has 1 aliphatic carbocycles. The highest BCUT2D eigenvalue weighted by atomic mass is 16.3. The van der Waals surface area contributed by atoms with E-state index in [1.807, 2.05) is 30.3 Å². The van der Waals surface area contributed by atoms with Crippen molar-refractivity contribution in [2.24, 2.45) is 5.92 Å². The van der Waals surface area contributed by atoms with Crippen LogP contribution >= 0.6 is 0 Å². The minimum atomic E-state index is -0.0410. The Labute approximate surface area is 171 Å². The van der Waals surface area contributed by atoms with Crippen LogP contribution in [0.25, 0.3) is 0 Å². The van der Waals surface area contributed by atoms with Gasteiger partial charge in [0.1, 0.15) is 5.76 Å². The van der Waals surface area contributed by atoms with Crippen molar-refractivity contribution in [3.05, 3.63) is 47.9 Å². The van der Waals surface area contributed by atoms with Crippen molar-refractivity contribution in [2.75, 3.05) is 30.4 Å². The SMILES string of the molecule is CN(Cc1ccco1)C(=O)c1ccc(NC(=O)C2CC2)cc1N1CCCCCC1. The molecule has 29 heavy (non-hydrogen) atoms. The molecular formula is C23H29N3O3. The maximum atomic E-state index is 13.2. The molecule has 2 amide bonds. The van der Waals surface area contributed by atoms with Gasteiger partial charge in [-0.15, -0.1) is 0 Å². The highest BCUT2D eigenvalue weighted by Crippen LogP contribution is 2.32. The molecule has 1 saturated carbocycles. The molecule has 0 radical (unpaired) electrons. The average Bonchev–Trinajstić information content (AvgIpc) is 3.51. The van der Waals surface area contributed by atoms with E-state index in [0.29, 0.717) is 12.1 Å². The summed E-state index contributed by atoms with van der Waals surface area (Å²) in [5, 5.41) is 3.03. The number of hydrogen-bond acceptors (Lipinski definition) is 4. The Bertz CT molecular complexity index is 850. The lowest BCUT2D eigenvalue weighted by Crippen LogP contribution is -2.31. The Kier molecular flexibility index (Phi) is 5.88. The van der Waals surface area contributed by atoms with Gasteiger partial charge in [0.15, 0.2) is 0 Å². The van der Waals surface area contributed by atoms with Crippen molar-refractivity contribution in [3.8, 4) is 0 Å². The number of hydrogen-bond donors (Lipinski definition) is 1. The quantitative estimate of drug-likeness (QED) is 0.793. The molecular weight excluding hydrogens is 366 g/mol. The van der Waals surface area contributed by atoms with Gasteiger partial charge < -0.3 is 19.5 Å². The van der Waals surface area contributed by atoms with Crippen LogP contribution in [-0.4, -0.2) is 36.9 Å². The number of nitrogens with zero attached hydrogens (tertiary/aromatic N) is 2. The normalized spacial score (nSPS) is 16.9. The molecule has 1 aromatic carbocycles. The molecule has 1 aliphatic heterocycles. The molecule has 1 N–H and O–H groups in total. The molecule has 1 saturated heterocycles. The first-order chi connectivity index (χ1) is 14.1. The van der Waals surface area contributed by atoms with Crippen molar-refractivity contribution < 1.29 is 14.0 Å². The van der Waals surface area contributed by atoms with E-state index in [-0.39, 0.29) is 17.7 Å². The summed E-state index contributed by atoms with van der Waals surface area (Å²) in [6.07, 6.45) is 8.24. The largest absolute Gasteiger partial charge is 0.467 e. The first-order valence-corrected chi connectivity index (χ1v) is 10.6. The molecule has 4 rings (SSSR count). The van der Waals surface area contributed by atoms with Crippen LogP contribution < -0.4 is 10.2 Å². The van der Waals surface area contributed by atoms with Gasteiger partial charge in [-0.25, -0.2) is 0 Å². The van der Waals surface area contributed by atoms with E-state index in [9.17, 15) is 9.59 Å². The van der Waals surface area contributed by atoms with Crippen LogP contribution in [0.2, 0.25) is 0 Å². The van der Waals surface area contributed by atoms with Gasteiger partial charge in [-0.1, -0.05) is 12.8 Å². The summed E-state index contributed by atoms with van der Waals surface area (Å²) in [6.45, 7) is 2.29. The summed E-state index contributed by atoms with van der Waals surface area (Å²) in [5.41, 5.74) is 2.36. The van der Waals surface area contributed by atoms with E-state index in [4.69, 9.17) is 4.42 Å². The molecule has 2 heterocycles. The lowest BCUT2D eigenvalue weighted by Gasteiger charge is -2.27. The molecule has 0 bridgehead atoms. The topological polar surface area (TPSA) is 65.8 Å². The standard InChI is InChI=1S/C23H29N3O3/c1-25(16-19-7-6-14-29-19)23(28)20-11-10-18(24-22(27)17-8-9-17)15-21(20)26-12-4-2-3-5-13-26/h6-7,10-11,14-15,17H,2-5,8-9,12-13,16H2,1H3,(H,24,27). The summed E-state index contributed by atoms with van der Waals surface area (Å²) < 4.78 is 5.39. The predicted molar refractivity (Wildman–Crippen MR) is 113 cm³/mol. The van der Waals surface area contributed by atoms with Gasteiger partial charge in [-0.3, -0.25) is 9.59 Å². The molecule has 0 spiro atoms. The van der Waals surface area contributed by atoms with Crippen molar-refractivity contribution in [1.82, 2.24) is 4.90 Å². The molecule has 154 valence electrons. The molecule has 0 atom stereocenters. The van der Waals surface area contributed by atoms with Gasteiger partial charge in [-0.05, 0) is 56.0 Å². The van der Waals surface area contributed by atoms with Gasteiger partial charge in [0.25, 0.3) is 5.91 Å². The van der Waals surface area contributed by atoms with E-state index in [0.717, 1.165) is 55.9 Å². The molecule has 6 heteroatoms. The third-order valence-electron chi connectivity index (χ3n) is 5.71. The number of carbonyl (C=O) groups is 2. The van der Waals surface area contributed by atoms with Crippen molar-refractivity contribution >= 4 is 23.2 Å². The van der Waals surface area contributed by atoms with Crippen LogP contribution in [0.1, 0.15) is 54.6 Å². The van der Waals surface area contributed by atoms with Gasteiger partial charge in [0, 0.05) is 31.7 Å². The Morgan fingerprint density at radius 2 is 1.90 bits per heavy atom. The Balaban J connectivity index is 1.59. The summed E-state index contributed by atoms with van der Waals surface area (Å²) >= 11 is 0. The van der Waals surface area contributed by atoms with Gasteiger partial charge in [0.2, 0.25) is 5.91 Å². The fourth-order valence-corrected chi connectivity index (χ4v) is 3.87. The van der Waals surface area contributed by atoms with Crippen LogP contribution in [-0.2, 0) is 11.3 Å². The first kappa shape index (κ1) is 19.6. The van der Waals surface area contributed by atoms with Crippen molar-refractivity contribution in [1.29, 1.82) is 0 Å². The molecule has 2 aliphatic rings. The highest BCUT2D eigenvalue weighted by Gasteiger charge is 2.30. The van der Waals surface area contributed by atoms with E-state index < -0.39 is 0 Å². The number of amides is 2. The third-order valence-corrected chi connectivity index (χ3v) is 5.71. The lowest BCUT2D eigenvalue weighted by molar-refractivity contribution is -0.117. The highest BCUT2D eigenvalue weighted by molar-refractivity contribution is 6.01. The van der Waals surface area contributed by atoms with E-state index in [2.05, 4.69) is 10.2 Å². The number of rotatable bonds is 6. The zero-order chi connectivity index (χ0) is 20.2. The monoisotopic (exact) mass is 395 g/mol. The second-order valence-electron chi connectivity index (χ2n) is 8.14. The van der Waals surface area contributed by atoms with E-state index >= 15 is 0 Å². The summed E-state index contributed by atoms with van der Waals surface area (Å²) in [4.78, 5) is 29.4. The predicted octanol–water partition coefficient (Wildman–Crippen LogP) is 4.28. The van der Waals surface area contributed by atoms with Crippen LogP contribution in [0.5, 0.6) is 0 Å². The smallest absolute Gasteiger partial charge is 0.256 e.